The maximum Gasteiger partial charge on any atom is 0.119 e. The van der Waals surface area contributed by atoms with E-state index in [-0.39, 0.29) is 23.9 Å². The summed E-state index contributed by atoms with van der Waals surface area (Å²) >= 11 is 0. The van der Waals surface area contributed by atoms with E-state index in [1.165, 1.54) is 6.42 Å². The summed E-state index contributed by atoms with van der Waals surface area (Å²) in [6.07, 6.45) is 5.62. The van der Waals surface area contributed by atoms with Gasteiger partial charge in [-0.1, -0.05) is 6.08 Å². The number of aliphatic hydroxyl groups excluding tert-OH is 1. The first kappa shape index (κ1) is 20.6. The van der Waals surface area contributed by atoms with Crippen LogP contribution in [-0.2, 0) is 0 Å². The Labute approximate surface area is 160 Å². The van der Waals surface area contributed by atoms with E-state index in [0.29, 0.717) is 11.8 Å². The number of benzene rings is 1. The van der Waals surface area contributed by atoms with Crippen molar-refractivity contribution in [2.45, 2.75) is 25.0 Å². The van der Waals surface area contributed by atoms with Gasteiger partial charge < -0.3 is 15.3 Å². The molecule has 6 heteroatoms. The number of hydrogen-bond donors (Lipinski definition) is 1. The van der Waals surface area contributed by atoms with E-state index in [1.54, 1.807) is 13.3 Å². The molecule has 2 bridgehead atoms. The van der Waals surface area contributed by atoms with Gasteiger partial charge in [0.2, 0.25) is 0 Å². The van der Waals surface area contributed by atoms with E-state index in [1.807, 2.05) is 24.3 Å². The number of fused-ring (bicyclic) bond motifs is 4. The summed E-state index contributed by atoms with van der Waals surface area (Å²) in [6, 6.07) is 7.96. The van der Waals surface area contributed by atoms with Crippen LogP contribution in [0, 0.1) is 11.8 Å². The molecule has 142 valence electrons. The molecule has 0 aliphatic carbocycles. The fourth-order valence-electron chi connectivity index (χ4n) is 4.44. The van der Waals surface area contributed by atoms with Crippen molar-refractivity contribution >= 4 is 23.3 Å². The number of methoxy groups -OCH3 is 1. The SMILES string of the molecule is C=C[C@H]1CN2CC[C@H]1C[C@H]2[C@H](O)c1ccnc2ccc(OC)cc12.Cl.O. The minimum atomic E-state index is -0.504. The Kier molecular flexibility index (Phi) is 6.64. The van der Waals surface area contributed by atoms with E-state index in [9.17, 15) is 5.11 Å². The molecule has 0 radical (unpaired) electrons. The monoisotopic (exact) mass is 378 g/mol. The normalized spacial score (nSPS) is 27.9. The molecule has 1 unspecified atom stereocenters. The van der Waals surface area contributed by atoms with E-state index in [0.717, 1.165) is 41.7 Å². The first-order chi connectivity index (χ1) is 11.7. The van der Waals surface area contributed by atoms with Crippen LogP contribution in [0.5, 0.6) is 5.75 Å². The summed E-state index contributed by atoms with van der Waals surface area (Å²) in [5.41, 5.74) is 1.85. The maximum atomic E-state index is 11.2. The predicted molar refractivity (Wildman–Crippen MR) is 106 cm³/mol. The van der Waals surface area contributed by atoms with Crippen molar-refractivity contribution < 1.29 is 15.3 Å². The second-order valence-electron chi connectivity index (χ2n) is 6.97. The van der Waals surface area contributed by atoms with Crippen molar-refractivity contribution in [2.75, 3.05) is 20.2 Å². The smallest absolute Gasteiger partial charge is 0.119 e. The van der Waals surface area contributed by atoms with Crippen LogP contribution in [0.15, 0.2) is 43.1 Å². The Bertz CT molecular complexity index is 770. The average molecular weight is 379 g/mol. The number of hydrogen-bond acceptors (Lipinski definition) is 4. The quantitative estimate of drug-likeness (QED) is 0.830. The molecule has 5 nitrogen and oxygen atoms in total. The summed E-state index contributed by atoms with van der Waals surface area (Å²) < 4.78 is 5.35. The molecule has 0 spiro atoms. The Balaban J connectivity index is 0.00000121. The van der Waals surface area contributed by atoms with Crippen LogP contribution < -0.4 is 4.74 Å². The molecule has 5 rings (SSSR count). The lowest BCUT2D eigenvalue weighted by molar-refractivity contribution is -0.0444. The molecule has 1 aromatic carbocycles. The predicted octanol–water partition coefficient (Wildman–Crippen LogP) is 2.77. The van der Waals surface area contributed by atoms with Gasteiger partial charge in [0, 0.05) is 24.2 Å². The number of nitrogens with zero attached hydrogens (tertiary/aromatic N) is 2. The molecule has 3 saturated heterocycles. The van der Waals surface area contributed by atoms with Crippen molar-refractivity contribution in [3.05, 3.63) is 48.7 Å². The highest BCUT2D eigenvalue weighted by atomic mass is 35.5. The minimum absolute atomic E-state index is 0. The van der Waals surface area contributed by atoms with Crippen LogP contribution in [0.2, 0.25) is 0 Å². The van der Waals surface area contributed by atoms with Gasteiger partial charge in [-0.15, -0.1) is 19.0 Å². The van der Waals surface area contributed by atoms with Crippen LogP contribution in [0.4, 0.5) is 0 Å². The van der Waals surface area contributed by atoms with Gasteiger partial charge in [0.05, 0.1) is 18.7 Å². The number of aromatic nitrogens is 1. The third-order valence-corrected chi connectivity index (χ3v) is 5.82. The largest absolute Gasteiger partial charge is 0.497 e. The van der Waals surface area contributed by atoms with Crippen LogP contribution in [-0.4, -0.2) is 46.7 Å². The highest BCUT2D eigenvalue weighted by Crippen LogP contribution is 2.42. The summed E-state index contributed by atoms with van der Waals surface area (Å²) in [6.45, 7) is 6.07. The highest BCUT2D eigenvalue weighted by Gasteiger charge is 2.42. The van der Waals surface area contributed by atoms with Crippen LogP contribution in [0.25, 0.3) is 10.9 Å². The fourth-order valence-corrected chi connectivity index (χ4v) is 4.44. The lowest BCUT2D eigenvalue weighted by atomic mass is 9.73. The Hall–Kier alpha value is -1.66. The second kappa shape index (κ2) is 8.35. The van der Waals surface area contributed by atoms with Gasteiger partial charge in [-0.3, -0.25) is 9.88 Å². The van der Waals surface area contributed by atoms with E-state index >= 15 is 0 Å². The first-order valence-corrected chi connectivity index (χ1v) is 8.68. The molecule has 3 N–H and O–H groups in total. The van der Waals surface area contributed by atoms with Gasteiger partial charge in [-0.2, -0.15) is 0 Å². The molecular weight excluding hydrogens is 352 g/mol. The number of pyridine rings is 1. The standard InChI is InChI=1S/C20H24N2O2.ClH.H2O/c1-3-13-12-22-9-7-14(13)10-19(22)20(23)16-6-8-21-18-5-4-15(24-2)11-17(16)18;;/h3-6,8,11,13-14,19-20,23H,1,7,9-10,12H2,2H3;1H;1H2/t13-,14-,19-,20+;;/m0../s1. The molecule has 26 heavy (non-hydrogen) atoms. The lowest BCUT2D eigenvalue weighted by Gasteiger charge is -2.50. The Morgan fingerprint density at radius 2 is 2.19 bits per heavy atom. The molecule has 3 aliphatic heterocycles. The minimum Gasteiger partial charge on any atom is -0.497 e. The van der Waals surface area contributed by atoms with Crippen LogP contribution >= 0.6 is 12.4 Å². The summed E-state index contributed by atoms with van der Waals surface area (Å²) in [7, 11) is 1.66. The molecule has 3 fully saturated rings. The number of piperidine rings is 3. The fraction of sp³-hybridized carbons (Fsp3) is 0.450. The number of aliphatic hydroxyl groups is 1. The van der Waals surface area contributed by atoms with Gasteiger partial charge in [-0.05, 0) is 61.1 Å². The molecule has 1 aromatic heterocycles. The van der Waals surface area contributed by atoms with Gasteiger partial charge in [0.25, 0.3) is 0 Å². The Morgan fingerprint density at radius 3 is 2.85 bits per heavy atom. The third-order valence-electron chi connectivity index (χ3n) is 5.82. The summed E-state index contributed by atoms with van der Waals surface area (Å²) in [5, 5.41) is 12.1. The molecule has 3 aliphatic rings. The molecule has 2 aromatic rings. The summed E-state index contributed by atoms with van der Waals surface area (Å²) in [4.78, 5) is 6.86. The molecule has 4 heterocycles. The van der Waals surface area contributed by atoms with Crippen molar-refractivity contribution in [3.63, 3.8) is 0 Å². The topological polar surface area (TPSA) is 77.1 Å². The van der Waals surface area contributed by atoms with Gasteiger partial charge in [0.1, 0.15) is 5.75 Å². The summed E-state index contributed by atoms with van der Waals surface area (Å²) in [5.74, 6) is 2.01. The number of ether oxygens (including phenoxy) is 1. The zero-order valence-corrected chi connectivity index (χ0v) is 15.8. The van der Waals surface area contributed by atoms with Gasteiger partial charge in [-0.25, -0.2) is 0 Å². The molecule has 5 atom stereocenters. The second-order valence-corrected chi connectivity index (χ2v) is 6.97. The van der Waals surface area contributed by atoms with E-state index < -0.39 is 6.10 Å². The Morgan fingerprint density at radius 1 is 1.38 bits per heavy atom. The van der Waals surface area contributed by atoms with Crippen molar-refractivity contribution in [3.8, 4) is 5.75 Å². The van der Waals surface area contributed by atoms with Gasteiger partial charge >= 0.3 is 0 Å². The zero-order valence-electron chi connectivity index (χ0n) is 15.0. The molecule has 0 amide bonds. The first-order valence-electron chi connectivity index (χ1n) is 8.68. The number of rotatable bonds is 4. The third kappa shape index (κ3) is 3.45. The van der Waals surface area contributed by atoms with Crippen molar-refractivity contribution in [1.29, 1.82) is 0 Å². The molecule has 0 saturated carbocycles. The van der Waals surface area contributed by atoms with Gasteiger partial charge in [0.15, 0.2) is 0 Å². The zero-order chi connectivity index (χ0) is 16.7. The van der Waals surface area contributed by atoms with Crippen LogP contribution in [0.1, 0.15) is 24.5 Å². The highest BCUT2D eigenvalue weighted by molar-refractivity contribution is 5.85. The lowest BCUT2D eigenvalue weighted by Crippen LogP contribution is -2.54. The van der Waals surface area contributed by atoms with Crippen LogP contribution in [0.3, 0.4) is 0 Å². The van der Waals surface area contributed by atoms with E-state index in [4.69, 9.17) is 4.74 Å². The van der Waals surface area contributed by atoms with Crippen molar-refractivity contribution in [1.82, 2.24) is 9.88 Å². The van der Waals surface area contributed by atoms with Crippen molar-refractivity contribution in [2.24, 2.45) is 11.8 Å². The average Bonchev–Trinajstić information content (AvgIpc) is 2.66. The van der Waals surface area contributed by atoms with E-state index in [2.05, 4.69) is 22.5 Å². The maximum absolute atomic E-state index is 11.2. The number of halogens is 1. The molecular formula is C20H27ClN2O3.